The summed E-state index contributed by atoms with van der Waals surface area (Å²) in [5.41, 5.74) is 3.77. The van der Waals surface area contributed by atoms with Crippen LogP contribution < -0.4 is 11.1 Å². The van der Waals surface area contributed by atoms with Crippen molar-refractivity contribution < 1.29 is 14.0 Å². The minimum atomic E-state index is -0.599. The van der Waals surface area contributed by atoms with Crippen LogP contribution in [0.5, 0.6) is 0 Å². The number of aromatic nitrogens is 1. The van der Waals surface area contributed by atoms with Crippen LogP contribution in [0.15, 0.2) is 73.5 Å². The highest BCUT2D eigenvalue weighted by Crippen LogP contribution is 2.29. The lowest BCUT2D eigenvalue weighted by Gasteiger charge is -2.28. The summed E-state index contributed by atoms with van der Waals surface area (Å²) in [5.74, 6) is -1.24. The number of hydrogen-bond donors (Lipinski definition) is 1. The number of nitrogens with zero attached hydrogens (tertiary/aromatic N) is 2. The van der Waals surface area contributed by atoms with E-state index in [1.54, 1.807) is 43.3 Å². The zero-order chi connectivity index (χ0) is 19.1. The second-order valence-corrected chi connectivity index (χ2v) is 6.55. The molecule has 7 nitrogen and oxygen atoms in total. The van der Waals surface area contributed by atoms with Gasteiger partial charge in [0.05, 0.1) is 11.2 Å². The van der Waals surface area contributed by atoms with Gasteiger partial charge in [-0.2, -0.15) is 0 Å². The lowest BCUT2D eigenvalue weighted by Crippen LogP contribution is -2.35. The van der Waals surface area contributed by atoms with Gasteiger partial charge in [-0.1, -0.05) is 23.8 Å². The molecule has 0 spiro atoms. The summed E-state index contributed by atoms with van der Waals surface area (Å²) in [5, 5.41) is 2.83. The number of carbonyl (C=O) groups excluding carboxylic acids is 2. The molecule has 27 heavy (non-hydrogen) atoms. The van der Waals surface area contributed by atoms with Gasteiger partial charge in [-0.3, -0.25) is 14.2 Å². The molecule has 1 N–H and O–H groups in total. The summed E-state index contributed by atoms with van der Waals surface area (Å²) in [6, 6.07) is 6.90. The van der Waals surface area contributed by atoms with Crippen LogP contribution in [-0.4, -0.2) is 22.1 Å². The monoisotopic (exact) mass is 363 g/mol. The van der Waals surface area contributed by atoms with Crippen molar-refractivity contribution in [1.82, 2.24) is 9.88 Å². The van der Waals surface area contributed by atoms with Crippen LogP contribution in [0.1, 0.15) is 13.8 Å². The molecular formula is C20H17N3O4. The maximum Gasteiger partial charge on any atom is 0.420 e. The number of para-hydroxylation sites is 2. The number of oxazole rings is 1. The summed E-state index contributed by atoms with van der Waals surface area (Å²) in [6.07, 6.45) is 5.34. The van der Waals surface area contributed by atoms with Crippen molar-refractivity contribution in [2.75, 3.05) is 0 Å². The van der Waals surface area contributed by atoms with Crippen LogP contribution in [-0.2, 0) is 16.1 Å². The normalized spacial score (nSPS) is 20.7. The number of nitrogens with one attached hydrogen (secondary N) is 1. The first-order valence-corrected chi connectivity index (χ1v) is 8.52. The molecular weight excluding hydrogens is 346 g/mol. The third-order valence-electron chi connectivity index (χ3n) is 4.88. The smallest absolute Gasteiger partial charge is 0.408 e. The van der Waals surface area contributed by atoms with Crippen LogP contribution >= 0.6 is 0 Å². The van der Waals surface area contributed by atoms with Crippen molar-refractivity contribution in [2.45, 2.75) is 20.4 Å². The Labute approximate surface area is 154 Å². The number of rotatable bonds is 2. The van der Waals surface area contributed by atoms with Crippen LogP contribution in [0.4, 0.5) is 0 Å². The third-order valence-corrected chi connectivity index (χ3v) is 4.88. The van der Waals surface area contributed by atoms with E-state index < -0.39 is 11.7 Å². The predicted octanol–water partition coefficient (Wildman–Crippen LogP) is 2.10. The lowest BCUT2D eigenvalue weighted by atomic mass is 9.85. The minimum Gasteiger partial charge on any atom is -0.408 e. The van der Waals surface area contributed by atoms with Crippen molar-refractivity contribution >= 4 is 28.6 Å². The van der Waals surface area contributed by atoms with Gasteiger partial charge in [0.25, 0.3) is 11.8 Å². The molecule has 0 fully saturated rings. The third kappa shape index (κ3) is 2.97. The van der Waals surface area contributed by atoms with Crippen LogP contribution in [0.25, 0.3) is 11.1 Å². The Kier molecular flexibility index (Phi) is 3.99. The molecule has 1 aliphatic carbocycles. The van der Waals surface area contributed by atoms with E-state index in [-0.39, 0.29) is 18.4 Å². The van der Waals surface area contributed by atoms with Crippen LogP contribution in [0.3, 0.4) is 0 Å². The van der Waals surface area contributed by atoms with E-state index in [0.717, 1.165) is 5.57 Å². The Bertz CT molecular complexity index is 1160. The Morgan fingerprint density at radius 2 is 2.04 bits per heavy atom. The quantitative estimate of drug-likeness (QED) is 0.884. The van der Waals surface area contributed by atoms with Crippen molar-refractivity contribution in [2.24, 2.45) is 10.9 Å². The summed E-state index contributed by atoms with van der Waals surface area (Å²) in [7, 11) is 0. The molecule has 2 heterocycles. The predicted molar refractivity (Wildman–Crippen MR) is 100 cm³/mol. The number of carbonyl (C=O) groups is 2. The highest BCUT2D eigenvalue weighted by molar-refractivity contribution is 6.11. The van der Waals surface area contributed by atoms with Crippen molar-refractivity contribution in [3.05, 3.63) is 69.9 Å². The maximum atomic E-state index is 12.4. The molecule has 0 saturated heterocycles. The largest absolute Gasteiger partial charge is 0.420 e. The van der Waals surface area contributed by atoms with E-state index in [1.165, 1.54) is 4.57 Å². The van der Waals surface area contributed by atoms with Gasteiger partial charge < -0.3 is 9.73 Å². The van der Waals surface area contributed by atoms with Crippen LogP contribution in [0.2, 0.25) is 0 Å². The van der Waals surface area contributed by atoms with Crippen molar-refractivity contribution in [3.63, 3.8) is 0 Å². The summed E-state index contributed by atoms with van der Waals surface area (Å²) >= 11 is 0. The molecule has 4 rings (SSSR count). The van der Waals surface area contributed by atoms with E-state index in [2.05, 4.69) is 10.3 Å². The van der Waals surface area contributed by atoms with E-state index in [0.29, 0.717) is 28.1 Å². The Morgan fingerprint density at radius 1 is 1.26 bits per heavy atom. The molecule has 2 aromatic rings. The number of fused-ring (bicyclic) bond motifs is 2. The molecule has 0 radical (unpaired) electrons. The molecule has 1 atom stereocenters. The summed E-state index contributed by atoms with van der Waals surface area (Å²) in [6.45, 7) is 3.49. The molecule has 7 heteroatoms. The lowest BCUT2D eigenvalue weighted by molar-refractivity contribution is -0.118. The Hall–Kier alpha value is -3.48. The van der Waals surface area contributed by atoms with Crippen LogP contribution in [0, 0.1) is 5.92 Å². The average Bonchev–Trinajstić information content (AvgIpc) is 2.95. The molecule has 1 aromatic carbocycles. The Morgan fingerprint density at radius 3 is 2.85 bits per heavy atom. The van der Waals surface area contributed by atoms with Gasteiger partial charge in [0.2, 0.25) is 0 Å². The van der Waals surface area contributed by atoms with Gasteiger partial charge in [0.1, 0.15) is 6.54 Å². The van der Waals surface area contributed by atoms with E-state index in [1.807, 2.05) is 13.0 Å². The second-order valence-electron chi connectivity index (χ2n) is 6.55. The molecule has 0 saturated carbocycles. The fourth-order valence-corrected chi connectivity index (χ4v) is 3.27. The molecule has 2 aliphatic rings. The number of aliphatic imine (C=N–C) groups is 1. The molecule has 2 amide bonds. The van der Waals surface area contributed by atoms with Gasteiger partial charge >= 0.3 is 5.76 Å². The first kappa shape index (κ1) is 17.0. The summed E-state index contributed by atoms with van der Waals surface area (Å²) < 4.78 is 6.38. The van der Waals surface area contributed by atoms with Gasteiger partial charge in [-0.25, -0.2) is 9.79 Å². The van der Waals surface area contributed by atoms with Crippen molar-refractivity contribution in [3.8, 4) is 0 Å². The number of amides is 2. The molecule has 1 aromatic heterocycles. The first-order chi connectivity index (χ1) is 12.9. The molecule has 0 bridgehead atoms. The molecule has 1 aliphatic heterocycles. The van der Waals surface area contributed by atoms with Gasteiger partial charge in [0.15, 0.2) is 5.58 Å². The van der Waals surface area contributed by atoms with Gasteiger partial charge in [0, 0.05) is 17.2 Å². The summed E-state index contributed by atoms with van der Waals surface area (Å²) in [4.78, 5) is 40.4. The average molecular weight is 363 g/mol. The van der Waals surface area contributed by atoms with Gasteiger partial charge in [-0.05, 0) is 38.1 Å². The van der Waals surface area contributed by atoms with Gasteiger partial charge in [-0.15, -0.1) is 0 Å². The van der Waals surface area contributed by atoms with Crippen molar-refractivity contribution in [1.29, 1.82) is 0 Å². The minimum absolute atomic E-state index is 0.0165. The SMILES string of the molecule is CC1=C(C)C2C=CC(=NC(=O)Cn3c(=O)oc4ccccc43)C=C2NC1=O. The maximum absolute atomic E-state index is 12.4. The number of allylic oxidation sites excluding steroid dienone is 3. The zero-order valence-electron chi connectivity index (χ0n) is 14.9. The fourth-order valence-electron chi connectivity index (χ4n) is 3.27. The topological polar surface area (TPSA) is 93.7 Å². The highest BCUT2D eigenvalue weighted by Gasteiger charge is 2.27. The number of hydrogen-bond acceptors (Lipinski definition) is 4. The standard InChI is InChI=1S/C20H17N3O4/c1-11-12(2)19(25)22-15-9-13(7-8-14(11)15)21-18(24)10-23-16-5-3-4-6-17(16)27-20(23)26/h3-9,14H,10H2,1-2H3,(H,22,25). The number of benzene rings is 1. The van der Waals surface area contributed by atoms with E-state index in [9.17, 15) is 14.4 Å². The highest BCUT2D eigenvalue weighted by atomic mass is 16.4. The fraction of sp³-hybridized carbons (Fsp3) is 0.200. The van der Waals surface area contributed by atoms with E-state index in [4.69, 9.17) is 4.42 Å². The first-order valence-electron chi connectivity index (χ1n) is 8.52. The molecule has 136 valence electrons. The zero-order valence-corrected chi connectivity index (χ0v) is 14.9. The second kappa shape index (κ2) is 6.35. The molecule has 1 unspecified atom stereocenters. The van der Waals surface area contributed by atoms with E-state index >= 15 is 0 Å². The Balaban J connectivity index is 1.60.